The summed E-state index contributed by atoms with van der Waals surface area (Å²) in [4.78, 5) is 18.5. The largest absolute Gasteiger partial charge is 0.299 e. The SMILES string of the molecule is Cn1c(CN2CCC(c3nnc4ccc(C(C)(C)C)nn34)CC2)nccc1=O. The van der Waals surface area contributed by atoms with E-state index in [1.807, 2.05) is 16.6 Å². The van der Waals surface area contributed by atoms with Crippen molar-refractivity contribution in [2.75, 3.05) is 13.1 Å². The molecule has 0 radical (unpaired) electrons. The number of piperidine rings is 1. The first-order valence-corrected chi connectivity index (χ1v) is 9.79. The summed E-state index contributed by atoms with van der Waals surface area (Å²) in [5.41, 5.74) is 1.80. The number of likely N-dealkylation sites (tertiary alicyclic amines) is 1. The van der Waals surface area contributed by atoms with Crippen molar-refractivity contribution < 1.29 is 0 Å². The van der Waals surface area contributed by atoms with Crippen molar-refractivity contribution in [1.82, 2.24) is 34.3 Å². The Balaban J connectivity index is 1.49. The first kappa shape index (κ1) is 18.7. The van der Waals surface area contributed by atoms with Gasteiger partial charge in [-0.05, 0) is 38.1 Å². The molecule has 0 bridgehead atoms. The molecule has 0 N–H and O–H groups in total. The van der Waals surface area contributed by atoms with Crippen molar-refractivity contribution in [3.05, 3.63) is 52.1 Å². The summed E-state index contributed by atoms with van der Waals surface area (Å²) in [5.74, 6) is 2.09. The van der Waals surface area contributed by atoms with Crippen LogP contribution in [0.2, 0.25) is 0 Å². The van der Waals surface area contributed by atoms with Crippen LogP contribution in [0.4, 0.5) is 0 Å². The van der Waals surface area contributed by atoms with Gasteiger partial charge >= 0.3 is 0 Å². The second-order valence-corrected chi connectivity index (χ2v) is 8.61. The van der Waals surface area contributed by atoms with Crippen molar-refractivity contribution in [2.45, 2.75) is 51.5 Å². The fourth-order valence-electron chi connectivity index (χ4n) is 3.67. The Labute approximate surface area is 164 Å². The summed E-state index contributed by atoms with van der Waals surface area (Å²) in [7, 11) is 1.78. The molecular formula is C20H27N7O. The number of nitrogens with zero attached hydrogens (tertiary/aromatic N) is 7. The van der Waals surface area contributed by atoms with E-state index in [2.05, 4.69) is 40.9 Å². The Bertz CT molecular complexity index is 1040. The van der Waals surface area contributed by atoms with Gasteiger partial charge in [0.25, 0.3) is 5.56 Å². The van der Waals surface area contributed by atoms with Gasteiger partial charge < -0.3 is 0 Å². The monoisotopic (exact) mass is 381 g/mol. The fraction of sp³-hybridized carbons (Fsp3) is 0.550. The van der Waals surface area contributed by atoms with Gasteiger partial charge in [-0.1, -0.05) is 20.8 Å². The quantitative estimate of drug-likeness (QED) is 0.689. The Morgan fingerprint density at radius 3 is 2.57 bits per heavy atom. The first-order chi connectivity index (χ1) is 13.3. The van der Waals surface area contributed by atoms with Crippen LogP contribution in [0.15, 0.2) is 29.2 Å². The number of hydrogen-bond acceptors (Lipinski definition) is 6. The first-order valence-electron chi connectivity index (χ1n) is 9.79. The standard InChI is InChI=1S/C20H27N7O/c1-20(2,3)15-5-6-16-22-23-19(27(16)24-15)14-8-11-26(12-9-14)13-17-21-10-7-18(28)25(17)4/h5-7,10,14H,8-9,11-13H2,1-4H3. The Morgan fingerprint density at radius 2 is 1.86 bits per heavy atom. The highest BCUT2D eigenvalue weighted by molar-refractivity contribution is 5.37. The van der Waals surface area contributed by atoms with Crippen LogP contribution in [0.3, 0.4) is 0 Å². The van der Waals surface area contributed by atoms with Gasteiger partial charge in [-0.15, -0.1) is 10.2 Å². The predicted molar refractivity (Wildman–Crippen MR) is 106 cm³/mol. The van der Waals surface area contributed by atoms with E-state index in [4.69, 9.17) is 5.10 Å². The molecule has 0 atom stereocenters. The van der Waals surface area contributed by atoms with E-state index < -0.39 is 0 Å². The van der Waals surface area contributed by atoms with E-state index in [-0.39, 0.29) is 11.0 Å². The van der Waals surface area contributed by atoms with Gasteiger partial charge in [-0.25, -0.2) is 4.98 Å². The molecule has 1 aliphatic heterocycles. The minimum Gasteiger partial charge on any atom is -0.299 e. The van der Waals surface area contributed by atoms with Crippen molar-refractivity contribution in [3.8, 4) is 0 Å². The molecule has 0 unspecified atom stereocenters. The van der Waals surface area contributed by atoms with Crippen molar-refractivity contribution in [1.29, 1.82) is 0 Å². The molecular weight excluding hydrogens is 354 g/mol. The van der Waals surface area contributed by atoms with E-state index in [1.165, 1.54) is 6.07 Å². The average molecular weight is 381 g/mol. The summed E-state index contributed by atoms with van der Waals surface area (Å²) in [6.07, 6.45) is 3.57. The highest BCUT2D eigenvalue weighted by Crippen LogP contribution is 2.28. The van der Waals surface area contributed by atoms with Crippen molar-refractivity contribution in [2.24, 2.45) is 7.05 Å². The highest BCUT2D eigenvalue weighted by Gasteiger charge is 2.26. The molecule has 0 spiro atoms. The topological polar surface area (TPSA) is 81.2 Å². The van der Waals surface area contributed by atoms with Crippen LogP contribution in [0, 0.1) is 0 Å². The molecule has 1 aliphatic rings. The molecule has 4 rings (SSSR count). The number of rotatable bonds is 3. The van der Waals surface area contributed by atoms with E-state index >= 15 is 0 Å². The summed E-state index contributed by atoms with van der Waals surface area (Å²) in [6.45, 7) is 9.04. The molecule has 3 aromatic heterocycles. The van der Waals surface area contributed by atoms with Crippen LogP contribution in [0.25, 0.3) is 5.65 Å². The van der Waals surface area contributed by atoms with Gasteiger partial charge in [0.05, 0.1) is 12.2 Å². The third kappa shape index (κ3) is 3.56. The summed E-state index contributed by atoms with van der Waals surface area (Å²) >= 11 is 0. The van der Waals surface area contributed by atoms with Crippen molar-refractivity contribution in [3.63, 3.8) is 0 Å². The predicted octanol–water partition coefficient (Wildman–Crippen LogP) is 1.90. The van der Waals surface area contributed by atoms with Crippen LogP contribution in [-0.2, 0) is 19.0 Å². The van der Waals surface area contributed by atoms with Gasteiger partial charge in [0.1, 0.15) is 5.82 Å². The van der Waals surface area contributed by atoms with Crippen LogP contribution < -0.4 is 5.56 Å². The smallest absolute Gasteiger partial charge is 0.253 e. The molecule has 0 amide bonds. The molecule has 8 nitrogen and oxygen atoms in total. The molecule has 8 heteroatoms. The van der Waals surface area contributed by atoms with Crippen LogP contribution in [0.5, 0.6) is 0 Å². The lowest BCUT2D eigenvalue weighted by atomic mass is 9.92. The summed E-state index contributed by atoms with van der Waals surface area (Å²) in [5, 5.41) is 13.6. The summed E-state index contributed by atoms with van der Waals surface area (Å²) in [6, 6.07) is 5.53. The molecule has 3 aromatic rings. The third-order valence-corrected chi connectivity index (χ3v) is 5.53. The van der Waals surface area contributed by atoms with E-state index in [0.717, 1.165) is 48.9 Å². The lowest BCUT2D eigenvalue weighted by molar-refractivity contribution is 0.194. The lowest BCUT2D eigenvalue weighted by Gasteiger charge is -2.31. The Hall–Kier alpha value is -2.61. The van der Waals surface area contributed by atoms with E-state index in [1.54, 1.807) is 17.8 Å². The molecule has 4 heterocycles. The maximum absolute atomic E-state index is 11.8. The second kappa shape index (κ2) is 7.09. The highest BCUT2D eigenvalue weighted by atomic mass is 16.1. The zero-order valence-electron chi connectivity index (χ0n) is 17.0. The number of hydrogen-bond donors (Lipinski definition) is 0. The van der Waals surface area contributed by atoms with Crippen LogP contribution in [0.1, 0.15) is 56.9 Å². The lowest BCUT2D eigenvalue weighted by Crippen LogP contribution is -2.35. The molecule has 0 aromatic carbocycles. The molecule has 28 heavy (non-hydrogen) atoms. The van der Waals surface area contributed by atoms with Gasteiger partial charge in [-0.3, -0.25) is 14.3 Å². The average Bonchev–Trinajstić information content (AvgIpc) is 3.09. The van der Waals surface area contributed by atoms with Gasteiger partial charge in [-0.2, -0.15) is 9.61 Å². The number of fused-ring (bicyclic) bond motifs is 1. The minimum atomic E-state index is -0.0180. The minimum absolute atomic E-state index is 0.0161. The van der Waals surface area contributed by atoms with Crippen LogP contribution in [-0.4, -0.2) is 47.4 Å². The van der Waals surface area contributed by atoms with E-state index in [0.29, 0.717) is 12.5 Å². The van der Waals surface area contributed by atoms with E-state index in [9.17, 15) is 4.79 Å². The van der Waals surface area contributed by atoms with Gasteiger partial charge in [0, 0.05) is 30.6 Å². The maximum Gasteiger partial charge on any atom is 0.253 e. The zero-order chi connectivity index (χ0) is 19.9. The molecule has 0 aliphatic carbocycles. The normalized spacial score (nSPS) is 16.7. The molecule has 1 saturated heterocycles. The maximum atomic E-state index is 11.8. The zero-order valence-corrected chi connectivity index (χ0v) is 17.0. The summed E-state index contributed by atoms with van der Waals surface area (Å²) < 4.78 is 3.54. The van der Waals surface area contributed by atoms with Crippen LogP contribution >= 0.6 is 0 Å². The second-order valence-electron chi connectivity index (χ2n) is 8.61. The Kier molecular flexibility index (Phi) is 4.74. The molecule has 0 saturated carbocycles. The van der Waals surface area contributed by atoms with Gasteiger partial charge in [0.2, 0.25) is 0 Å². The Morgan fingerprint density at radius 1 is 1.11 bits per heavy atom. The van der Waals surface area contributed by atoms with Gasteiger partial charge in [0.15, 0.2) is 11.5 Å². The number of aromatic nitrogens is 6. The third-order valence-electron chi connectivity index (χ3n) is 5.53. The fourth-order valence-corrected chi connectivity index (χ4v) is 3.67. The molecule has 148 valence electrons. The molecule has 1 fully saturated rings. The van der Waals surface area contributed by atoms with Crippen molar-refractivity contribution >= 4 is 5.65 Å².